The van der Waals surface area contributed by atoms with Gasteiger partial charge in [0.2, 0.25) is 0 Å². The van der Waals surface area contributed by atoms with Gasteiger partial charge in [0.15, 0.2) is 11.3 Å². The molecule has 0 fully saturated rings. The maximum Gasteiger partial charge on any atom is 0.270 e. The van der Waals surface area contributed by atoms with Gasteiger partial charge in [-0.3, -0.25) is 4.79 Å². The van der Waals surface area contributed by atoms with Gasteiger partial charge in [-0.1, -0.05) is 47.6 Å². The molecule has 2 N–H and O–H groups in total. The number of nitrogens with one attached hydrogen (secondary N) is 1. The summed E-state index contributed by atoms with van der Waals surface area (Å²) < 4.78 is 4.86. The molecule has 3 aromatic rings. The van der Waals surface area contributed by atoms with E-state index in [2.05, 4.69) is 10.5 Å². The molecule has 128 valence electrons. The lowest BCUT2D eigenvalue weighted by atomic mass is 10.1. The van der Waals surface area contributed by atoms with Crippen molar-refractivity contribution in [3.05, 3.63) is 77.7 Å². The Bertz CT molecular complexity index is 1010. The van der Waals surface area contributed by atoms with Crippen molar-refractivity contribution in [2.24, 2.45) is 0 Å². The second-order valence-corrected chi connectivity index (χ2v) is 5.53. The highest BCUT2D eigenvalue weighted by molar-refractivity contribution is 6.11. The smallest absolute Gasteiger partial charge is 0.270 e. The number of nitriles is 1. The van der Waals surface area contributed by atoms with Gasteiger partial charge in [0.25, 0.3) is 5.91 Å². The Hall–Kier alpha value is -3.85. The molecule has 0 aliphatic carbocycles. The number of hydrogen-bond donors (Lipinski definition) is 2. The summed E-state index contributed by atoms with van der Waals surface area (Å²) in [5.74, 6) is -0.868. The summed E-state index contributed by atoms with van der Waals surface area (Å²) in [4.78, 5) is 12.4. The van der Waals surface area contributed by atoms with Crippen LogP contribution in [0.3, 0.4) is 0 Å². The van der Waals surface area contributed by atoms with Gasteiger partial charge in [-0.05, 0) is 30.2 Å². The number of anilines is 1. The van der Waals surface area contributed by atoms with Crippen LogP contribution in [0.15, 0.2) is 70.9 Å². The Morgan fingerprint density at radius 1 is 1.15 bits per heavy atom. The third-order valence-corrected chi connectivity index (χ3v) is 3.81. The van der Waals surface area contributed by atoms with Crippen molar-refractivity contribution in [2.75, 3.05) is 5.32 Å². The molecule has 0 bridgehead atoms. The van der Waals surface area contributed by atoms with Crippen molar-refractivity contribution in [2.45, 2.75) is 6.92 Å². The predicted molar refractivity (Wildman–Crippen MR) is 96.9 cm³/mol. The Labute approximate surface area is 150 Å². The van der Waals surface area contributed by atoms with E-state index in [4.69, 9.17) is 4.52 Å². The molecule has 2 aromatic carbocycles. The maximum atomic E-state index is 12.4. The van der Waals surface area contributed by atoms with Crippen molar-refractivity contribution in [3.63, 3.8) is 0 Å². The molecule has 0 radical (unpaired) electrons. The van der Waals surface area contributed by atoms with Crippen LogP contribution in [0.4, 0.5) is 5.69 Å². The highest BCUT2D eigenvalue weighted by Gasteiger charge is 2.20. The summed E-state index contributed by atoms with van der Waals surface area (Å²) in [6, 6.07) is 18.7. The summed E-state index contributed by atoms with van der Waals surface area (Å²) in [5, 5.41) is 25.7. The number of aliphatic hydroxyl groups is 1. The molecule has 0 aliphatic heterocycles. The van der Waals surface area contributed by atoms with Crippen molar-refractivity contribution in [1.29, 1.82) is 5.26 Å². The molecule has 0 aliphatic rings. The summed E-state index contributed by atoms with van der Waals surface area (Å²) in [6.45, 7) is 1.58. The predicted octanol–water partition coefficient (Wildman–Crippen LogP) is 4.08. The van der Waals surface area contributed by atoms with Crippen LogP contribution in [0.5, 0.6) is 0 Å². The van der Waals surface area contributed by atoms with Crippen molar-refractivity contribution in [1.82, 2.24) is 5.16 Å². The molecule has 1 heterocycles. The molecular weight excluding hydrogens is 330 g/mol. The zero-order chi connectivity index (χ0) is 18.5. The SMILES string of the molecule is Cc1oncc1/C(O)=C(\C#N)C(=O)Nc1cccc(-c2ccccc2)c1. The molecule has 0 atom stereocenters. The van der Waals surface area contributed by atoms with Crippen LogP contribution >= 0.6 is 0 Å². The number of rotatable bonds is 4. The summed E-state index contributed by atoms with van der Waals surface area (Å²) >= 11 is 0. The van der Waals surface area contributed by atoms with Crippen molar-refractivity contribution in [3.8, 4) is 17.2 Å². The molecule has 0 unspecified atom stereocenters. The normalized spacial score (nSPS) is 11.4. The Balaban J connectivity index is 1.88. The summed E-state index contributed by atoms with van der Waals surface area (Å²) in [5.41, 5.74) is 2.22. The van der Waals surface area contributed by atoms with Gasteiger partial charge in [0.1, 0.15) is 11.8 Å². The number of aromatic nitrogens is 1. The Kier molecular flexibility index (Phi) is 4.81. The molecule has 0 saturated heterocycles. The molecule has 6 nitrogen and oxygen atoms in total. The van der Waals surface area contributed by atoms with Crippen LogP contribution in [0.2, 0.25) is 0 Å². The number of nitrogens with zero attached hydrogens (tertiary/aromatic N) is 2. The van der Waals surface area contributed by atoms with E-state index in [1.165, 1.54) is 6.20 Å². The van der Waals surface area contributed by atoms with E-state index in [0.717, 1.165) is 11.1 Å². The van der Waals surface area contributed by atoms with Crippen molar-refractivity contribution < 1.29 is 14.4 Å². The largest absolute Gasteiger partial charge is 0.506 e. The van der Waals surface area contributed by atoms with Gasteiger partial charge in [0, 0.05) is 5.69 Å². The topological polar surface area (TPSA) is 99.2 Å². The molecular formula is C20H15N3O3. The molecule has 1 aromatic heterocycles. The first kappa shape index (κ1) is 17.0. The average molecular weight is 345 g/mol. The zero-order valence-electron chi connectivity index (χ0n) is 13.9. The van der Waals surface area contributed by atoms with Crippen molar-refractivity contribution >= 4 is 17.4 Å². The van der Waals surface area contributed by atoms with E-state index < -0.39 is 17.2 Å². The van der Waals surface area contributed by atoms with Crippen LogP contribution in [0.1, 0.15) is 11.3 Å². The minimum atomic E-state index is -0.712. The van der Waals surface area contributed by atoms with Gasteiger partial charge in [-0.15, -0.1) is 0 Å². The highest BCUT2D eigenvalue weighted by Crippen LogP contribution is 2.24. The fourth-order valence-corrected chi connectivity index (χ4v) is 2.47. The lowest BCUT2D eigenvalue weighted by Crippen LogP contribution is -2.15. The Morgan fingerprint density at radius 3 is 2.54 bits per heavy atom. The minimum Gasteiger partial charge on any atom is -0.506 e. The zero-order valence-corrected chi connectivity index (χ0v) is 13.9. The quantitative estimate of drug-likeness (QED) is 0.422. The fraction of sp³-hybridized carbons (Fsp3) is 0.0500. The Morgan fingerprint density at radius 2 is 1.88 bits per heavy atom. The van der Waals surface area contributed by atoms with Gasteiger partial charge in [0.05, 0.1) is 11.8 Å². The number of aliphatic hydroxyl groups excluding tert-OH is 1. The molecule has 6 heteroatoms. The summed E-state index contributed by atoms with van der Waals surface area (Å²) in [7, 11) is 0. The first-order chi connectivity index (χ1) is 12.6. The first-order valence-electron chi connectivity index (χ1n) is 7.82. The van der Waals surface area contributed by atoms with Crippen LogP contribution < -0.4 is 5.32 Å². The molecule has 1 amide bonds. The molecule has 3 rings (SSSR count). The van der Waals surface area contributed by atoms with Crippen LogP contribution in [0.25, 0.3) is 16.9 Å². The number of amides is 1. The number of carbonyl (C=O) groups is 1. The van der Waals surface area contributed by atoms with E-state index >= 15 is 0 Å². The van der Waals surface area contributed by atoms with E-state index in [1.54, 1.807) is 31.2 Å². The van der Waals surface area contributed by atoms with E-state index in [9.17, 15) is 15.2 Å². The number of benzene rings is 2. The van der Waals surface area contributed by atoms with E-state index in [1.807, 2.05) is 36.4 Å². The monoisotopic (exact) mass is 345 g/mol. The molecule has 26 heavy (non-hydrogen) atoms. The van der Waals surface area contributed by atoms with Gasteiger partial charge >= 0.3 is 0 Å². The average Bonchev–Trinajstić information content (AvgIpc) is 3.09. The first-order valence-corrected chi connectivity index (χ1v) is 7.82. The number of hydrogen-bond acceptors (Lipinski definition) is 5. The lowest BCUT2D eigenvalue weighted by molar-refractivity contribution is -0.112. The van der Waals surface area contributed by atoms with Gasteiger partial charge in [-0.25, -0.2) is 0 Å². The van der Waals surface area contributed by atoms with Gasteiger partial charge < -0.3 is 14.9 Å². The second kappa shape index (κ2) is 7.36. The van der Waals surface area contributed by atoms with E-state index in [-0.39, 0.29) is 5.56 Å². The van der Waals surface area contributed by atoms with Gasteiger partial charge in [-0.2, -0.15) is 5.26 Å². The fourth-order valence-electron chi connectivity index (χ4n) is 2.47. The molecule has 0 spiro atoms. The third-order valence-electron chi connectivity index (χ3n) is 3.81. The summed E-state index contributed by atoms with van der Waals surface area (Å²) in [6.07, 6.45) is 1.26. The van der Waals surface area contributed by atoms with Crippen LogP contribution in [0, 0.1) is 18.3 Å². The number of aryl methyl sites for hydroxylation is 1. The molecule has 0 saturated carbocycles. The standard InChI is InChI=1S/C20H15N3O3/c1-13-18(12-22-26-13)19(24)17(11-21)20(25)23-16-9-5-8-15(10-16)14-6-3-2-4-7-14/h2-10,12,24H,1H3,(H,23,25)/b19-17-. The second-order valence-electron chi connectivity index (χ2n) is 5.53. The van der Waals surface area contributed by atoms with E-state index in [0.29, 0.717) is 11.4 Å². The lowest BCUT2D eigenvalue weighted by Gasteiger charge is -2.08. The van der Waals surface area contributed by atoms with Crippen LogP contribution in [-0.2, 0) is 4.79 Å². The van der Waals surface area contributed by atoms with Crippen LogP contribution in [-0.4, -0.2) is 16.2 Å². The third kappa shape index (κ3) is 3.47. The minimum absolute atomic E-state index is 0.203. The maximum absolute atomic E-state index is 12.4. The highest BCUT2D eigenvalue weighted by atomic mass is 16.5. The number of carbonyl (C=O) groups excluding carboxylic acids is 1.